The van der Waals surface area contributed by atoms with E-state index in [0.717, 1.165) is 38.5 Å². The molecule has 4 saturated carbocycles. The first-order valence-corrected chi connectivity index (χ1v) is 12.1. The summed E-state index contributed by atoms with van der Waals surface area (Å²) in [7, 11) is 0. The normalized spacial score (nSPS) is 48.5. The van der Waals surface area contributed by atoms with Crippen LogP contribution in [0, 0.1) is 33.5 Å². The summed E-state index contributed by atoms with van der Waals surface area (Å²) in [5.74, 6) is 0.103. The van der Waals surface area contributed by atoms with Crippen molar-refractivity contribution in [3.05, 3.63) is 12.2 Å². The summed E-state index contributed by atoms with van der Waals surface area (Å²) in [6.07, 6.45) is 6.17. The SMILES string of the molecule is C=C1C[C@]23C[C@@H]1CC[C@@]2(C)[C@]1(C)CC[C@@H](OC(=O)CC)[C@](C)(COC(C)=O)C1C[C@@H]3O. The molecule has 1 spiro atoms. The van der Waals surface area contributed by atoms with Crippen molar-refractivity contribution in [3.63, 3.8) is 0 Å². The standard InChI is InChI=1S/C26H40O5/c1-7-22(29)31-21-9-10-24(5)19(23(21,4)15-30-17(3)27)12-20(28)26-13-16(2)18(14-26)8-11-25(24,26)6/h18-21,28H,2,7-15H2,1,3-6H3/t18-,19?,20-,21+,23+,24+,25-,26+/m0/s1. The van der Waals surface area contributed by atoms with E-state index in [1.807, 2.05) is 0 Å². The van der Waals surface area contributed by atoms with E-state index in [2.05, 4.69) is 27.4 Å². The molecule has 4 rings (SSSR count). The number of hydrogen-bond acceptors (Lipinski definition) is 5. The Labute approximate surface area is 186 Å². The zero-order valence-corrected chi connectivity index (χ0v) is 20.0. The van der Waals surface area contributed by atoms with Gasteiger partial charge in [-0.25, -0.2) is 0 Å². The second kappa shape index (κ2) is 7.33. The molecule has 0 heterocycles. The maximum absolute atomic E-state index is 12.3. The van der Waals surface area contributed by atoms with Gasteiger partial charge in [0.05, 0.1) is 6.10 Å². The van der Waals surface area contributed by atoms with Crippen molar-refractivity contribution < 1.29 is 24.2 Å². The number of ether oxygens (including phenoxy) is 2. The van der Waals surface area contributed by atoms with Gasteiger partial charge in [-0.2, -0.15) is 0 Å². The molecule has 0 radical (unpaired) electrons. The van der Waals surface area contributed by atoms with Crippen molar-refractivity contribution in [1.29, 1.82) is 0 Å². The van der Waals surface area contributed by atoms with E-state index in [1.54, 1.807) is 6.92 Å². The molecule has 174 valence electrons. The number of aliphatic hydroxyl groups excluding tert-OH is 1. The highest BCUT2D eigenvalue weighted by atomic mass is 16.6. The van der Waals surface area contributed by atoms with Crippen molar-refractivity contribution in [3.8, 4) is 0 Å². The molecule has 8 atom stereocenters. The van der Waals surface area contributed by atoms with Gasteiger partial charge in [0.15, 0.2) is 0 Å². The van der Waals surface area contributed by atoms with Crippen LogP contribution in [0.5, 0.6) is 0 Å². The van der Waals surface area contributed by atoms with E-state index in [9.17, 15) is 14.7 Å². The Bertz CT molecular complexity index is 791. The summed E-state index contributed by atoms with van der Waals surface area (Å²) in [6.45, 7) is 14.7. The Morgan fingerprint density at radius 3 is 2.55 bits per heavy atom. The van der Waals surface area contributed by atoms with Crippen LogP contribution in [0.15, 0.2) is 12.2 Å². The van der Waals surface area contributed by atoms with Gasteiger partial charge in [-0.1, -0.05) is 39.8 Å². The zero-order valence-electron chi connectivity index (χ0n) is 20.0. The van der Waals surface area contributed by atoms with E-state index >= 15 is 0 Å². The van der Waals surface area contributed by atoms with Crippen molar-refractivity contribution in [2.45, 2.75) is 98.2 Å². The van der Waals surface area contributed by atoms with E-state index in [-0.39, 0.29) is 46.8 Å². The van der Waals surface area contributed by atoms with E-state index < -0.39 is 11.5 Å². The van der Waals surface area contributed by atoms with Crippen LogP contribution in [0.1, 0.15) is 86.0 Å². The van der Waals surface area contributed by atoms with E-state index in [4.69, 9.17) is 9.47 Å². The molecule has 0 aromatic rings. The predicted octanol–water partition coefficient (Wildman–Crippen LogP) is 4.81. The van der Waals surface area contributed by atoms with Gasteiger partial charge < -0.3 is 14.6 Å². The van der Waals surface area contributed by atoms with E-state index in [0.29, 0.717) is 18.8 Å². The van der Waals surface area contributed by atoms with Gasteiger partial charge in [-0.15, -0.1) is 0 Å². The van der Waals surface area contributed by atoms with Gasteiger partial charge in [-0.3, -0.25) is 9.59 Å². The fourth-order valence-electron chi connectivity index (χ4n) is 8.53. The average molecular weight is 433 g/mol. The minimum atomic E-state index is -0.526. The maximum Gasteiger partial charge on any atom is 0.305 e. The van der Waals surface area contributed by atoms with Crippen molar-refractivity contribution in [2.75, 3.05) is 6.61 Å². The third kappa shape index (κ3) is 2.98. The molecule has 4 aliphatic rings. The lowest BCUT2D eigenvalue weighted by molar-refractivity contribution is -0.274. The topological polar surface area (TPSA) is 72.8 Å². The predicted molar refractivity (Wildman–Crippen MR) is 118 cm³/mol. The Morgan fingerprint density at radius 1 is 1.19 bits per heavy atom. The lowest BCUT2D eigenvalue weighted by Crippen LogP contribution is -2.69. The molecule has 4 aliphatic carbocycles. The van der Waals surface area contributed by atoms with Gasteiger partial charge >= 0.3 is 11.9 Å². The minimum absolute atomic E-state index is 0.0322. The average Bonchev–Trinajstić information content (AvgIpc) is 3.01. The maximum atomic E-state index is 12.3. The highest BCUT2D eigenvalue weighted by molar-refractivity contribution is 5.69. The number of esters is 2. The quantitative estimate of drug-likeness (QED) is 0.510. The van der Waals surface area contributed by atoms with Crippen LogP contribution in [-0.2, 0) is 19.1 Å². The summed E-state index contributed by atoms with van der Waals surface area (Å²) in [4.78, 5) is 24.0. The number of fused-ring (bicyclic) bond motifs is 3. The molecule has 0 aromatic carbocycles. The smallest absolute Gasteiger partial charge is 0.305 e. The van der Waals surface area contributed by atoms with Gasteiger partial charge in [0.1, 0.15) is 12.7 Å². The molecule has 5 heteroatoms. The fourth-order valence-corrected chi connectivity index (χ4v) is 8.53. The van der Waals surface area contributed by atoms with Gasteiger partial charge in [-0.05, 0) is 67.6 Å². The van der Waals surface area contributed by atoms with Crippen LogP contribution < -0.4 is 0 Å². The third-order valence-electron chi connectivity index (χ3n) is 10.6. The molecule has 2 bridgehead atoms. The number of carbonyl (C=O) groups excluding carboxylic acids is 2. The Kier molecular flexibility index (Phi) is 5.39. The number of carbonyl (C=O) groups is 2. The highest BCUT2D eigenvalue weighted by Crippen LogP contribution is 2.77. The molecule has 0 aliphatic heterocycles. The largest absolute Gasteiger partial charge is 0.465 e. The molecule has 5 nitrogen and oxygen atoms in total. The Hall–Kier alpha value is -1.36. The first-order chi connectivity index (χ1) is 14.4. The molecule has 1 unspecified atom stereocenters. The fraction of sp³-hybridized carbons (Fsp3) is 0.846. The van der Waals surface area contributed by atoms with Crippen LogP contribution in [0.2, 0.25) is 0 Å². The Balaban J connectivity index is 1.77. The van der Waals surface area contributed by atoms with Crippen LogP contribution in [0.3, 0.4) is 0 Å². The zero-order chi connectivity index (χ0) is 22.8. The highest BCUT2D eigenvalue weighted by Gasteiger charge is 2.73. The van der Waals surface area contributed by atoms with Crippen molar-refractivity contribution in [2.24, 2.45) is 33.5 Å². The van der Waals surface area contributed by atoms with Crippen molar-refractivity contribution in [1.82, 2.24) is 0 Å². The first-order valence-electron chi connectivity index (χ1n) is 12.1. The molecular formula is C26H40O5. The number of aliphatic hydroxyl groups is 1. The Morgan fingerprint density at radius 2 is 1.90 bits per heavy atom. The number of hydrogen-bond donors (Lipinski definition) is 1. The summed E-state index contributed by atoms with van der Waals surface area (Å²) in [5.41, 5.74) is 0.606. The molecule has 0 aromatic heterocycles. The third-order valence-corrected chi connectivity index (χ3v) is 10.6. The molecule has 0 amide bonds. The summed E-state index contributed by atoms with van der Waals surface area (Å²) < 4.78 is 11.5. The first kappa shape index (κ1) is 22.8. The number of rotatable bonds is 4. The lowest BCUT2D eigenvalue weighted by atomic mass is 9.34. The van der Waals surface area contributed by atoms with Crippen LogP contribution in [-0.4, -0.2) is 35.9 Å². The molecule has 31 heavy (non-hydrogen) atoms. The number of allylic oxidation sites excluding steroid dienone is 1. The molecule has 0 saturated heterocycles. The van der Waals surface area contributed by atoms with Gasteiger partial charge in [0.25, 0.3) is 0 Å². The van der Waals surface area contributed by atoms with Crippen LogP contribution in [0.4, 0.5) is 0 Å². The molecule has 4 fully saturated rings. The molecular weight excluding hydrogens is 392 g/mol. The van der Waals surface area contributed by atoms with Crippen molar-refractivity contribution >= 4 is 11.9 Å². The van der Waals surface area contributed by atoms with Gasteiger partial charge in [0.2, 0.25) is 0 Å². The lowest BCUT2D eigenvalue weighted by Gasteiger charge is -2.71. The van der Waals surface area contributed by atoms with Gasteiger partial charge in [0, 0.05) is 24.2 Å². The summed E-state index contributed by atoms with van der Waals surface area (Å²) >= 11 is 0. The second-order valence-electron chi connectivity index (χ2n) is 11.6. The summed E-state index contributed by atoms with van der Waals surface area (Å²) in [6, 6.07) is 0. The van der Waals surface area contributed by atoms with Crippen LogP contribution in [0.25, 0.3) is 0 Å². The minimum Gasteiger partial charge on any atom is -0.465 e. The molecule has 1 N–H and O–H groups in total. The summed E-state index contributed by atoms with van der Waals surface area (Å²) in [5, 5.41) is 11.7. The van der Waals surface area contributed by atoms with Crippen LogP contribution >= 0.6 is 0 Å². The second-order valence-corrected chi connectivity index (χ2v) is 11.6. The monoisotopic (exact) mass is 432 g/mol. The van der Waals surface area contributed by atoms with E-state index in [1.165, 1.54) is 12.5 Å².